The van der Waals surface area contributed by atoms with Crippen LogP contribution in [0.3, 0.4) is 0 Å². The molecular weight excluding hydrogens is 197 g/mol. The van der Waals surface area contributed by atoms with Gasteiger partial charge >= 0.3 is 0 Å². The lowest BCUT2D eigenvalue weighted by atomic mass is 10.1. The van der Waals surface area contributed by atoms with Crippen molar-refractivity contribution in [3.63, 3.8) is 0 Å². The van der Waals surface area contributed by atoms with Crippen molar-refractivity contribution in [3.05, 3.63) is 29.8 Å². The van der Waals surface area contributed by atoms with E-state index in [1.807, 2.05) is 17.0 Å². The van der Waals surface area contributed by atoms with Gasteiger partial charge in [-0.2, -0.15) is 0 Å². The van der Waals surface area contributed by atoms with Crippen LogP contribution in [0.5, 0.6) is 0 Å². The van der Waals surface area contributed by atoms with E-state index in [2.05, 4.69) is 0 Å². The summed E-state index contributed by atoms with van der Waals surface area (Å²) in [6.45, 7) is 1.16. The summed E-state index contributed by atoms with van der Waals surface area (Å²) in [6, 6.07) is 7.18. The molecule has 0 bridgehead atoms. The van der Waals surface area contributed by atoms with Crippen LogP contribution in [0, 0.1) is 0 Å². The van der Waals surface area contributed by atoms with Gasteiger partial charge in [-0.1, -0.05) is 12.1 Å². The van der Waals surface area contributed by atoms with Crippen LogP contribution >= 0.6 is 0 Å². The summed E-state index contributed by atoms with van der Waals surface area (Å²) in [5, 5.41) is 0. The number of hydrogen-bond acceptors (Lipinski definition) is 3. The van der Waals surface area contributed by atoms with E-state index >= 15 is 0 Å². The second-order valence-electron chi connectivity index (χ2n) is 3.40. The number of nitrogens with zero attached hydrogens (tertiary/aromatic N) is 1. The monoisotopic (exact) mass is 209 g/mol. The van der Waals surface area contributed by atoms with Gasteiger partial charge < -0.3 is 9.64 Å². The van der Waals surface area contributed by atoms with Crippen molar-refractivity contribution in [2.45, 2.75) is 6.36 Å². The molecule has 1 heterocycles. The Labute approximate surface area is 87.5 Å². The largest absolute Gasteiger partial charge is 0.363 e. The number of carbonyl (C=O) groups is 1. The Morgan fingerprint density at radius 1 is 1.47 bits per heavy atom. The van der Waals surface area contributed by atoms with E-state index in [-0.39, 0.29) is 6.54 Å². The lowest BCUT2D eigenvalue weighted by molar-refractivity contribution is -0.0465. The van der Waals surface area contributed by atoms with Crippen LogP contribution in [-0.2, 0) is 4.74 Å². The molecule has 0 amide bonds. The minimum Gasteiger partial charge on any atom is -0.363 e. The molecule has 1 aliphatic rings. The number of ether oxygens (including phenoxy) is 1. The zero-order valence-electron chi connectivity index (χ0n) is 8.23. The Hall–Kier alpha value is -1.42. The summed E-state index contributed by atoms with van der Waals surface area (Å²) >= 11 is 0. The standard InChI is InChI=1S/C11H12FNO2/c12-11-7-13(5-6-15-11)10-4-2-1-3-9(10)8-14/h1-4,8,11H,5-7H2. The molecule has 1 aromatic carbocycles. The van der Waals surface area contributed by atoms with E-state index in [9.17, 15) is 9.18 Å². The van der Waals surface area contributed by atoms with Gasteiger partial charge in [-0.15, -0.1) is 0 Å². The van der Waals surface area contributed by atoms with Gasteiger partial charge in [0.05, 0.1) is 13.2 Å². The Kier molecular flexibility index (Phi) is 2.97. The van der Waals surface area contributed by atoms with Gasteiger partial charge in [-0.25, -0.2) is 4.39 Å². The van der Waals surface area contributed by atoms with Crippen molar-refractivity contribution >= 4 is 12.0 Å². The van der Waals surface area contributed by atoms with Gasteiger partial charge in [0, 0.05) is 17.8 Å². The smallest absolute Gasteiger partial charge is 0.216 e. The predicted molar refractivity (Wildman–Crippen MR) is 54.9 cm³/mol. The van der Waals surface area contributed by atoms with Crippen molar-refractivity contribution < 1.29 is 13.9 Å². The fraction of sp³-hybridized carbons (Fsp3) is 0.364. The Bertz CT molecular complexity index is 356. The van der Waals surface area contributed by atoms with E-state index < -0.39 is 6.36 Å². The summed E-state index contributed by atoms with van der Waals surface area (Å²) in [6.07, 6.45) is -0.476. The molecule has 1 unspecified atom stereocenters. The Morgan fingerprint density at radius 3 is 3.00 bits per heavy atom. The number of carbonyl (C=O) groups excluding carboxylic acids is 1. The molecule has 2 rings (SSSR count). The van der Waals surface area contributed by atoms with Crippen LogP contribution in [-0.4, -0.2) is 32.3 Å². The molecule has 1 aliphatic heterocycles. The fourth-order valence-corrected chi connectivity index (χ4v) is 1.70. The number of anilines is 1. The molecule has 80 valence electrons. The minimum atomic E-state index is -1.27. The van der Waals surface area contributed by atoms with Gasteiger partial charge in [-0.05, 0) is 12.1 Å². The van der Waals surface area contributed by atoms with Crippen LogP contribution < -0.4 is 4.90 Å². The van der Waals surface area contributed by atoms with E-state index in [0.29, 0.717) is 18.7 Å². The zero-order chi connectivity index (χ0) is 10.7. The number of alkyl halides is 1. The highest BCUT2D eigenvalue weighted by Gasteiger charge is 2.21. The third-order valence-electron chi connectivity index (χ3n) is 2.43. The van der Waals surface area contributed by atoms with Crippen LogP contribution in [0.15, 0.2) is 24.3 Å². The van der Waals surface area contributed by atoms with Crippen molar-refractivity contribution in [2.24, 2.45) is 0 Å². The highest BCUT2D eigenvalue weighted by Crippen LogP contribution is 2.21. The van der Waals surface area contributed by atoms with E-state index in [1.54, 1.807) is 12.1 Å². The van der Waals surface area contributed by atoms with Gasteiger partial charge in [0.15, 0.2) is 6.29 Å². The number of benzene rings is 1. The molecule has 15 heavy (non-hydrogen) atoms. The van der Waals surface area contributed by atoms with E-state index in [4.69, 9.17) is 4.74 Å². The van der Waals surface area contributed by atoms with Crippen LogP contribution in [0.2, 0.25) is 0 Å². The van der Waals surface area contributed by atoms with Gasteiger partial charge in [0.2, 0.25) is 6.36 Å². The molecule has 1 fully saturated rings. The fourth-order valence-electron chi connectivity index (χ4n) is 1.70. The average Bonchev–Trinajstić information content (AvgIpc) is 2.29. The molecule has 1 aromatic rings. The predicted octanol–water partition coefficient (Wildman–Crippen LogP) is 1.63. The minimum absolute atomic E-state index is 0.185. The van der Waals surface area contributed by atoms with Gasteiger partial charge in [-0.3, -0.25) is 4.79 Å². The summed E-state index contributed by atoms with van der Waals surface area (Å²) in [7, 11) is 0. The quantitative estimate of drug-likeness (QED) is 0.693. The zero-order valence-corrected chi connectivity index (χ0v) is 8.23. The first-order valence-electron chi connectivity index (χ1n) is 4.86. The molecule has 3 nitrogen and oxygen atoms in total. The highest BCUT2D eigenvalue weighted by molar-refractivity contribution is 5.84. The number of rotatable bonds is 2. The molecule has 0 aromatic heterocycles. The molecule has 0 N–H and O–H groups in total. The molecule has 0 saturated carbocycles. The molecule has 0 radical (unpaired) electrons. The molecule has 1 saturated heterocycles. The molecule has 4 heteroatoms. The number of hydrogen-bond donors (Lipinski definition) is 0. The maximum atomic E-state index is 13.0. The van der Waals surface area contributed by atoms with E-state index in [0.717, 1.165) is 12.0 Å². The number of halogens is 1. The van der Waals surface area contributed by atoms with Crippen molar-refractivity contribution in [3.8, 4) is 0 Å². The van der Waals surface area contributed by atoms with Crippen molar-refractivity contribution in [1.82, 2.24) is 0 Å². The lowest BCUT2D eigenvalue weighted by Crippen LogP contribution is -2.40. The van der Waals surface area contributed by atoms with Crippen LogP contribution in [0.25, 0.3) is 0 Å². The summed E-state index contributed by atoms with van der Waals surface area (Å²) in [5.74, 6) is 0. The van der Waals surface area contributed by atoms with Crippen molar-refractivity contribution in [1.29, 1.82) is 0 Å². The summed E-state index contributed by atoms with van der Waals surface area (Å²) in [4.78, 5) is 12.6. The highest BCUT2D eigenvalue weighted by atomic mass is 19.1. The molecule has 1 atom stereocenters. The molecule has 0 aliphatic carbocycles. The second kappa shape index (κ2) is 4.40. The number of morpholine rings is 1. The number of aldehydes is 1. The second-order valence-corrected chi connectivity index (χ2v) is 3.40. The number of para-hydroxylation sites is 1. The third-order valence-corrected chi connectivity index (χ3v) is 2.43. The topological polar surface area (TPSA) is 29.5 Å². The van der Waals surface area contributed by atoms with Crippen LogP contribution in [0.1, 0.15) is 10.4 Å². The first-order valence-corrected chi connectivity index (χ1v) is 4.86. The van der Waals surface area contributed by atoms with Crippen molar-refractivity contribution in [2.75, 3.05) is 24.6 Å². The maximum absolute atomic E-state index is 13.0. The lowest BCUT2D eigenvalue weighted by Gasteiger charge is -2.31. The molecular formula is C11H12FNO2. The maximum Gasteiger partial charge on any atom is 0.216 e. The first-order chi connectivity index (χ1) is 7.31. The van der Waals surface area contributed by atoms with Crippen LogP contribution in [0.4, 0.5) is 10.1 Å². The first kappa shape index (κ1) is 10.1. The summed E-state index contributed by atoms with van der Waals surface area (Å²) in [5.41, 5.74) is 1.37. The Morgan fingerprint density at radius 2 is 2.27 bits per heavy atom. The van der Waals surface area contributed by atoms with E-state index in [1.165, 1.54) is 0 Å². The third kappa shape index (κ3) is 2.15. The van der Waals surface area contributed by atoms with Gasteiger partial charge in [0.25, 0.3) is 0 Å². The summed E-state index contributed by atoms with van der Waals surface area (Å²) < 4.78 is 17.8. The SMILES string of the molecule is O=Cc1ccccc1N1CCOC(F)C1. The Balaban J connectivity index is 2.24. The average molecular weight is 209 g/mol. The molecule has 0 spiro atoms. The van der Waals surface area contributed by atoms with Gasteiger partial charge in [0.1, 0.15) is 0 Å². The normalized spacial score (nSPS) is 21.4.